The molecular weight excluding hydrogens is 660 g/mol. The summed E-state index contributed by atoms with van der Waals surface area (Å²) in [5.41, 5.74) is 3.81. The van der Waals surface area contributed by atoms with E-state index >= 15 is 0 Å². The van der Waals surface area contributed by atoms with Crippen molar-refractivity contribution >= 4 is 38.7 Å². The van der Waals surface area contributed by atoms with Gasteiger partial charge in [-0.1, -0.05) is 36.7 Å². The van der Waals surface area contributed by atoms with Crippen LogP contribution in [-0.2, 0) is 26.3 Å². The largest absolute Gasteiger partial charge is 0.490 e. The lowest BCUT2D eigenvalue weighted by molar-refractivity contribution is 0.0131. The van der Waals surface area contributed by atoms with Crippen molar-refractivity contribution in [2.45, 2.75) is 63.9 Å². The molecule has 260 valence electrons. The maximum atomic E-state index is 14.5. The first kappa shape index (κ1) is 34.1. The molecule has 3 aromatic rings. The molecule has 0 unspecified atom stereocenters. The molecule has 7 rings (SSSR count). The highest BCUT2D eigenvalue weighted by Crippen LogP contribution is 2.47. The molecule has 8 nitrogen and oxygen atoms in total. The molecule has 2 aliphatic carbocycles. The van der Waals surface area contributed by atoms with E-state index in [4.69, 9.17) is 25.5 Å². The molecule has 0 radical (unpaired) electrons. The van der Waals surface area contributed by atoms with Gasteiger partial charge in [0.2, 0.25) is 0 Å². The lowest BCUT2D eigenvalue weighted by atomic mass is 9.68. The lowest BCUT2D eigenvalue weighted by Crippen LogP contribution is -2.49. The number of nitrogens with zero attached hydrogens (tertiary/aromatic N) is 2. The second-order valence-electron chi connectivity index (χ2n) is 14.6. The number of halogens is 1. The second kappa shape index (κ2) is 13.7. The van der Waals surface area contributed by atoms with E-state index in [2.05, 4.69) is 33.5 Å². The normalized spacial score (nSPS) is 30.6. The monoisotopic (exact) mass is 704 g/mol. The number of benzene rings is 2. The molecule has 2 aromatic carbocycles. The smallest absolute Gasteiger partial charge is 0.285 e. The van der Waals surface area contributed by atoms with Gasteiger partial charge in [0.05, 0.1) is 39.4 Å². The van der Waals surface area contributed by atoms with Gasteiger partial charge >= 0.3 is 0 Å². The number of aryl methyl sites for hydroxylation is 2. The van der Waals surface area contributed by atoms with E-state index in [9.17, 15) is 13.8 Å². The SMILES string of the molecule is CO[C@H]1/C=C/C[C@H](C)C[S@@](=O)(CC(=O)c2coc(C)c2)=NC(=O)c2ccc3c(c2)N(C[C@@H]2CC[C@H]21)C[C@@]1(CCCc2cc(Cl)ccc21)CO3. The number of hydrogen-bond donors (Lipinski definition) is 0. The molecular formula is C39H45ClN2O6S. The molecule has 2 bridgehead atoms. The third kappa shape index (κ3) is 6.99. The number of hydrogen-bond acceptors (Lipinski definition) is 7. The van der Waals surface area contributed by atoms with Gasteiger partial charge in [0.25, 0.3) is 5.91 Å². The van der Waals surface area contributed by atoms with Crippen LogP contribution in [0.2, 0.25) is 5.02 Å². The molecule has 0 saturated heterocycles. The number of amides is 1. The summed E-state index contributed by atoms with van der Waals surface area (Å²) in [4.78, 5) is 29.6. The molecule has 3 heterocycles. The average molecular weight is 705 g/mol. The summed E-state index contributed by atoms with van der Waals surface area (Å²) in [6.45, 7) is 5.77. The fourth-order valence-corrected chi connectivity index (χ4v) is 10.8. The second-order valence-corrected chi connectivity index (χ2v) is 17.4. The van der Waals surface area contributed by atoms with Crippen LogP contribution in [0.3, 0.4) is 0 Å². The predicted octanol–water partition coefficient (Wildman–Crippen LogP) is 7.84. The van der Waals surface area contributed by atoms with Crippen LogP contribution in [-0.4, -0.2) is 60.3 Å². The standard InChI is InChI=1S/C39H45ClN2O6S/c1-25-6-4-8-36(46-3)32-12-9-29(32)19-42-23-39(15-5-7-27-17-31(40)11-13-33(27)39)24-48-37-14-10-28(18-34(37)42)38(44)41-49(45,21-25)22-35(43)30-16-26(2)47-20-30/h4,8,10-11,13-14,16-18,20,25,29,32,36H,5-7,9,12,15,19,21-24H2,1-3H3/b8-4+/t25-,29-,32+,36-,39-,49+/m0/s1. The van der Waals surface area contributed by atoms with Gasteiger partial charge in [0.1, 0.15) is 17.8 Å². The number of anilines is 1. The van der Waals surface area contributed by atoms with Crippen molar-refractivity contribution in [3.8, 4) is 5.75 Å². The summed E-state index contributed by atoms with van der Waals surface area (Å²) in [5.74, 6) is 0.786. The number of carbonyl (C=O) groups excluding carboxylic acids is 2. The number of ketones is 1. The fraction of sp³-hybridized carbons (Fsp3) is 0.487. The van der Waals surface area contributed by atoms with Gasteiger partial charge in [-0.05, 0) is 111 Å². The Hall–Kier alpha value is -3.40. The maximum absolute atomic E-state index is 14.5. The highest BCUT2D eigenvalue weighted by Gasteiger charge is 2.44. The third-order valence-electron chi connectivity index (χ3n) is 11.0. The number of carbonyl (C=O) groups is 2. The van der Waals surface area contributed by atoms with Gasteiger partial charge in [-0.2, -0.15) is 4.36 Å². The number of methoxy groups -OCH3 is 1. The number of fused-ring (bicyclic) bond motifs is 4. The van der Waals surface area contributed by atoms with E-state index in [1.165, 1.54) is 17.4 Å². The van der Waals surface area contributed by atoms with Crippen molar-refractivity contribution in [2.24, 2.45) is 22.1 Å². The molecule has 1 aromatic heterocycles. The summed E-state index contributed by atoms with van der Waals surface area (Å²) in [6.07, 6.45) is 11.4. The van der Waals surface area contributed by atoms with Gasteiger partial charge in [0.15, 0.2) is 5.78 Å². The first-order valence-corrected chi connectivity index (χ1v) is 19.6. The number of rotatable bonds is 4. The third-order valence-corrected chi connectivity index (χ3v) is 13.5. The zero-order valence-electron chi connectivity index (χ0n) is 28.5. The molecule has 1 saturated carbocycles. The Labute approximate surface area is 294 Å². The highest BCUT2D eigenvalue weighted by molar-refractivity contribution is 7.94. The summed E-state index contributed by atoms with van der Waals surface area (Å²) in [6, 6.07) is 13.3. The lowest BCUT2D eigenvalue weighted by Gasteiger charge is -2.46. The van der Waals surface area contributed by atoms with Crippen LogP contribution < -0.4 is 9.64 Å². The molecule has 1 amide bonds. The molecule has 10 heteroatoms. The van der Waals surface area contributed by atoms with Crippen molar-refractivity contribution in [2.75, 3.05) is 43.2 Å². The van der Waals surface area contributed by atoms with E-state index in [-0.39, 0.29) is 34.7 Å². The molecule has 49 heavy (non-hydrogen) atoms. The van der Waals surface area contributed by atoms with Crippen LogP contribution in [0.15, 0.2) is 69.7 Å². The number of allylic oxidation sites excluding steroid dienone is 1. The Morgan fingerprint density at radius 1 is 1.18 bits per heavy atom. The van der Waals surface area contributed by atoms with Gasteiger partial charge in [-0.15, -0.1) is 0 Å². The summed E-state index contributed by atoms with van der Waals surface area (Å²) in [5, 5.41) is 0.745. The first-order valence-electron chi connectivity index (χ1n) is 17.4. The van der Waals surface area contributed by atoms with Crippen molar-refractivity contribution in [1.29, 1.82) is 0 Å². The Morgan fingerprint density at radius 3 is 2.80 bits per heavy atom. The molecule has 0 N–H and O–H groups in total. The summed E-state index contributed by atoms with van der Waals surface area (Å²) in [7, 11) is -1.50. The molecule has 2 aliphatic heterocycles. The molecule has 1 fully saturated rings. The van der Waals surface area contributed by atoms with Crippen LogP contribution >= 0.6 is 11.6 Å². The summed E-state index contributed by atoms with van der Waals surface area (Å²) < 4.78 is 36.9. The van der Waals surface area contributed by atoms with Crippen molar-refractivity contribution in [3.05, 3.63) is 93.9 Å². The Morgan fingerprint density at radius 2 is 2.04 bits per heavy atom. The van der Waals surface area contributed by atoms with E-state index in [0.717, 1.165) is 61.7 Å². The Bertz CT molecular complexity index is 1910. The highest BCUT2D eigenvalue weighted by atomic mass is 35.5. The molecule has 4 aliphatic rings. The molecule has 6 atom stereocenters. The minimum atomic E-state index is -3.27. The van der Waals surface area contributed by atoms with Gasteiger partial charge < -0.3 is 18.8 Å². The van der Waals surface area contributed by atoms with E-state index in [1.54, 1.807) is 26.2 Å². The number of Topliss-reactive ketones (excluding diaryl/α,β-unsaturated/α-hetero) is 1. The van der Waals surface area contributed by atoms with Crippen LogP contribution in [0.5, 0.6) is 5.75 Å². The van der Waals surface area contributed by atoms with Crippen molar-refractivity contribution in [1.82, 2.24) is 0 Å². The van der Waals surface area contributed by atoms with Crippen LogP contribution in [0.4, 0.5) is 5.69 Å². The Balaban J connectivity index is 1.31. The first-order chi connectivity index (χ1) is 23.5. The zero-order chi connectivity index (χ0) is 34.3. The van der Waals surface area contributed by atoms with Gasteiger partial charge in [-0.3, -0.25) is 9.59 Å². The minimum Gasteiger partial charge on any atom is -0.490 e. The van der Waals surface area contributed by atoms with E-state index in [0.29, 0.717) is 41.8 Å². The van der Waals surface area contributed by atoms with Crippen LogP contribution in [0.25, 0.3) is 0 Å². The zero-order valence-corrected chi connectivity index (χ0v) is 30.1. The minimum absolute atomic E-state index is 0.0408. The van der Waals surface area contributed by atoms with Gasteiger partial charge in [0, 0.05) is 42.0 Å². The summed E-state index contributed by atoms with van der Waals surface area (Å²) >= 11 is 6.45. The quantitative estimate of drug-likeness (QED) is 0.202. The van der Waals surface area contributed by atoms with Gasteiger partial charge in [-0.25, -0.2) is 4.21 Å². The number of ether oxygens (including phenoxy) is 2. The Kier molecular flexibility index (Phi) is 9.54. The predicted molar refractivity (Wildman–Crippen MR) is 193 cm³/mol. The van der Waals surface area contributed by atoms with E-state index < -0.39 is 15.6 Å². The molecule has 1 spiro atoms. The topological polar surface area (TPSA) is 98.4 Å². The van der Waals surface area contributed by atoms with Crippen molar-refractivity contribution in [3.63, 3.8) is 0 Å². The van der Waals surface area contributed by atoms with E-state index in [1.807, 2.05) is 25.1 Å². The van der Waals surface area contributed by atoms with Crippen LogP contribution in [0.1, 0.15) is 76.6 Å². The van der Waals surface area contributed by atoms with Crippen molar-refractivity contribution < 1.29 is 27.7 Å². The maximum Gasteiger partial charge on any atom is 0.285 e. The number of furan rings is 1. The average Bonchev–Trinajstić information content (AvgIpc) is 3.43. The fourth-order valence-electron chi connectivity index (χ4n) is 8.35. The van der Waals surface area contributed by atoms with Crippen LogP contribution in [0, 0.1) is 24.7 Å².